The summed E-state index contributed by atoms with van der Waals surface area (Å²) in [6.45, 7) is 7.79. The summed E-state index contributed by atoms with van der Waals surface area (Å²) < 4.78 is 29.1. The van der Waals surface area contributed by atoms with E-state index in [1.807, 2.05) is 19.1 Å². The van der Waals surface area contributed by atoms with Gasteiger partial charge in [0.15, 0.2) is 16.8 Å². The van der Waals surface area contributed by atoms with Gasteiger partial charge in [0.05, 0.1) is 17.5 Å². The smallest absolute Gasteiger partial charge is 0.251 e. The molecule has 0 saturated heterocycles. The number of halogens is 3. The molecule has 0 aliphatic rings. The fraction of sp³-hybridized carbons (Fsp3) is 0.217. The highest BCUT2D eigenvalue weighted by Crippen LogP contribution is 2.27. The Morgan fingerprint density at radius 2 is 2.03 bits per heavy atom. The zero-order valence-corrected chi connectivity index (χ0v) is 20.8. The van der Waals surface area contributed by atoms with Crippen molar-refractivity contribution in [2.45, 2.75) is 31.6 Å². The largest absolute Gasteiger partial charge is 0.342 e. The molecule has 0 aliphatic heterocycles. The minimum absolute atomic E-state index is 0.0947. The lowest BCUT2D eigenvalue weighted by atomic mass is 10.1. The lowest BCUT2D eigenvalue weighted by Crippen LogP contribution is -2.29. The van der Waals surface area contributed by atoms with Gasteiger partial charge in [-0.15, -0.1) is 16.8 Å². The predicted octanol–water partition coefficient (Wildman–Crippen LogP) is 5.04. The van der Waals surface area contributed by atoms with Crippen LogP contribution >= 0.6 is 27.7 Å². The van der Waals surface area contributed by atoms with Crippen molar-refractivity contribution >= 4 is 45.2 Å². The number of rotatable bonds is 9. The van der Waals surface area contributed by atoms with Crippen LogP contribution in [-0.4, -0.2) is 32.3 Å². The highest BCUT2D eigenvalue weighted by atomic mass is 79.9. The van der Waals surface area contributed by atoms with Crippen molar-refractivity contribution in [1.29, 1.82) is 0 Å². The first-order chi connectivity index (χ1) is 16.2. The van der Waals surface area contributed by atoms with E-state index in [2.05, 4.69) is 43.3 Å². The van der Waals surface area contributed by atoms with Crippen LogP contribution in [0.15, 0.2) is 58.7 Å². The molecule has 0 fully saturated rings. The van der Waals surface area contributed by atoms with E-state index in [0.717, 1.165) is 23.4 Å². The summed E-state index contributed by atoms with van der Waals surface area (Å²) in [5.74, 6) is -2.00. The molecule has 0 aliphatic carbocycles. The van der Waals surface area contributed by atoms with Crippen LogP contribution in [0.5, 0.6) is 0 Å². The molecule has 0 saturated carbocycles. The van der Waals surface area contributed by atoms with Gasteiger partial charge in [-0.2, -0.15) is 0 Å². The Morgan fingerprint density at radius 1 is 1.26 bits per heavy atom. The molecule has 3 rings (SSSR count). The molecule has 1 aromatic heterocycles. The molecular weight excluding hydrogens is 528 g/mol. The minimum Gasteiger partial charge on any atom is -0.342 e. The number of carbonyl (C=O) groups excluding carboxylic acids is 2. The third-order valence-electron chi connectivity index (χ3n) is 4.68. The number of hydrogen-bond acceptors (Lipinski definition) is 5. The van der Waals surface area contributed by atoms with Crippen molar-refractivity contribution in [3.05, 3.63) is 82.1 Å². The van der Waals surface area contributed by atoms with Gasteiger partial charge in [0.1, 0.15) is 5.82 Å². The number of aromatic nitrogens is 3. The lowest BCUT2D eigenvalue weighted by Gasteiger charge is -2.15. The van der Waals surface area contributed by atoms with E-state index in [-0.39, 0.29) is 21.8 Å². The topological polar surface area (TPSA) is 88.9 Å². The first-order valence-electron chi connectivity index (χ1n) is 10.2. The number of nitrogens with one attached hydrogen (secondary N) is 2. The molecule has 2 aromatic carbocycles. The van der Waals surface area contributed by atoms with Gasteiger partial charge in [0, 0.05) is 22.6 Å². The fourth-order valence-electron chi connectivity index (χ4n) is 3.13. The zero-order chi connectivity index (χ0) is 24.8. The van der Waals surface area contributed by atoms with Crippen LogP contribution in [0, 0.1) is 18.6 Å². The number of nitrogens with zero attached hydrogens (tertiary/aromatic N) is 3. The van der Waals surface area contributed by atoms with Crippen LogP contribution in [0.1, 0.15) is 34.7 Å². The summed E-state index contributed by atoms with van der Waals surface area (Å²) in [5, 5.41) is 14.1. The standard InChI is InChI=1S/C23H22BrF2N5O2S/c1-4-8-31-21(14(3)27-22(33)15-7-5-6-13(2)9-15)29-30-23(31)34-12-19(32)28-20-17(24)10-16(25)11-18(20)26/h4-7,9-11,14H,1,8,12H2,2-3H3,(H,27,33)(H,28,32)/t14-/m1/s1. The summed E-state index contributed by atoms with van der Waals surface area (Å²) in [5.41, 5.74) is 1.36. The minimum atomic E-state index is -0.888. The first-order valence-corrected chi connectivity index (χ1v) is 12.0. The highest BCUT2D eigenvalue weighted by Gasteiger charge is 2.21. The van der Waals surface area contributed by atoms with Gasteiger partial charge in [-0.3, -0.25) is 9.59 Å². The van der Waals surface area contributed by atoms with Gasteiger partial charge in [-0.05, 0) is 48.0 Å². The Morgan fingerprint density at radius 3 is 2.71 bits per heavy atom. The number of aryl methyl sites for hydroxylation is 1. The van der Waals surface area contributed by atoms with E-state index >= 15 is 0 Å². The van der Waals surface area contributed by atoms with Gasteiger partial charge >= 0.3 is 0 Å². The number of allylic oxidation sites excluding steroid dienone is 1. The molecule has 0 bridgehead atoms. The average molecular weight is 550 g/mol. The lowest BCUT2D eigenvalue weighted by molar-refractivity contribution is -0.113. The summed E-state index contributed by atoms with van der Waals surface area (Å²) in [7, 11) is 0. The van der Waals surface area contributed by atoms with Gasteiger partial charge in [-0.25, -0.2) is 8.78 Å². The van der Waals surface area contributed by atoms with Crippen molar-refractivity contribution in [1.82, 2.24) is 20.1 Å². The molecule has 2 amide bonds. The average Bonchev–Trinajstić information content (AvgIpc) is 3.17. The second-order valence-electron chi connectivity index (χ2n) is 7.39. The Hall–Kier alpha value is -3.05. The molecule has 3 aromatic rings. The maximum Gasteiger partial charge on any atom is 0.251 e. The molecule has 0 spiro atoms. The van der Waals surface area contributed by atoms with E-state index < -0.39 is 23.6 Å². The first kappa shape index (κ1) is 25.6. The summed E-state index contributed by atoms with van der Waals surface area (Å²) >= 11 is 4.13. The van der Waals surface area contributed by atoms with Gasteiger partial charge in [0.25, 0.3) is 5.91 Å². The molecular formula is C23H22BrF2N5O2S. The number of amides is 2. The molecule has 2 N–H and O–H groups in total. The maximum atomic E-state index is 14.0. The van der Waals surface area contributed by atoms with Crippen molar-refractivity contribution in [3.8, 4) is 0 Å². The van der Waals surface area contributed by atoms with E-state index in [9.17, 15) is 18.4 Å². The van der Waals surface area contributed by atoms with E-state index in [1.165, 1.54) is 0 Å². The number of benzene rings is 2. The molecule has 11 heteroatoms. The van der Waals surface area contributed by atoms with Crippen LogP contribution in [0.25, 0.3) is 0 Å². The number of thioether (sulfide) groups is 1. The predicted molar refractivity (Wildman–Crippen MR) is 131 cm³/mol. The van der Waals surface area contributed by atoms with Crippen molar-refractivity contribution in [2.75, 3.05) is 11.1 Å². The fourth-order valence-corrected chi connectivity index (χ4v) is 4.39. The second kappa shape index (κ2) is 11.4. The van der Waals surface area contributed by atoms with E-state index in [0.29, 0.717) is 29.2 Å². The monoisotopic (exact) mass is 549 g/mol. The number of anilines is 1. The Bertz CT molecular complexity index is 1210. The third-order valence-corrected chi connectivity index (χ3v) is 6.27. The highest BCUT2D eigenvalue weighted by molar-refractivity contribution is 9.10. The Balaban J connectivity index is 1.69. The maximum absolute atomic E-state index is 14.0. The van der Waals surface area contributed by atoms with Crippen LogP contribution < -0.4 is 10.6 Å². The van der Waals surface area contributed by atoms with Crippen LogP contribution in [0.4, 0.5) is 14.5 Å². The van der Waals surface area contributed by atoms with E-state index in [1.54, 1.807) is 29.7 Å². The van der Waals surface area contributed by atoms with Crippen LogP contribution in [0.3, 0.4) is 0 Å². The van der Waals surface area contributed by atoms with Crippen LogP contribution in [-0.2, 0) is 11.3 Å². The van der Waals surface area contributed by atoms with Gasteiger partial charge in [-0.1, -0.05) is 35.5 Å². The molecule has 178 valence electrons. The molecule has 7 nitrogen and oxygen atoms in total. The molecule has 34 heavy (non-hydrogen) atoms. The van der Waals surface area contributed by atoms with Gasteiger partial charge in [0.2, 0.25) is 5.91 Å². The van der Waals surface area contributed by atoms with Crippen molar-refractivity contribution in [3.63, 3.8) is 0 Å². The van der Waals surface area contributed by atoms with Crippen LogP contribution in [0.2, 0.25) is 0 Å². The Labute approximate surface area is 208 Å². The van der Waals surface area contributed by atoms with E-state index in [4.69, 9.17) is 0 Å². The number of hydrogen-bond donors (Lipinski definition) is 2. The number of carbonyl (C=O) groups is 2. The third kappa shape index (κ3) is 6.29. The SMILES string of the molecule is C=CCn1c(SCC(=O)Nc2c(F)cc(F)cc2Br)nnc1[C@@H](C)NC(=O)c1cccc(C)c1. The normalized spacial score (nSPS) is 11.7. The van der Waals surface area contributed by atoms with Crippen molar-refractivity contribution in [2.24, 2.45) is 0 Å². The summed E-state index contributed by atoms with van der Waals surface area (Å²) in [4.78, 5) is 25.0. The van der Waals surface area contributed by atoms with Gasteiger partial charge < -0.3 is 15.2 Å². The molecule has 0 unspecified atom stereocenters. The quantitative estimate of drug-likeness (QED) is 0.288. The Kier molecular flexibility index (Phi) is 8.56. The summed E-state index contributed by atoms with van der Waals surface area (Å²) in [6, 6.07) is 8.52. The molecule has 0 radical (unpaired) electrons. The molecule has 1 atom stereocenters. The second-order valence-corrected chi connectivity index (χ2v) is 9.18. The summed E-state index contributed by atoms with van der Waals surface area (Å²) in [6.07, 6.45) is 1.65. The molecule has 1 heterocycles. The van der Waals surface area contributed by atoms with Crippen molar-refractivity contribution < 1.29 is 18.4 Å². The zero-order valence-electron chi connectivity index (χ0n) is 18.4.